The van der Waals surface area contributed by atoms with Crippen molar-refractivity contribution in [2.24, 2.45) is 11.8 Å². The molecule has 19 heavy (non-hydrogen) atoms. The summed E-state index contributed by atoms with van der Waals surface area (Å²) in [5, 5.41) is 14.5. The van der Waals surface area contributed by atoms with Crippen molar-refractivity contribution in [1.29, 1.82) is 0 Å². The fraction of sp³-hybridized carbons (Fsp3) is 0.538. The summed E-state index contributed by atoms with van der Waals surface area (Å²) in [5.74, 6) is 1.87. The molecular formula is C13H17N3O3. The summed E-state index contributed by atoms with van der Waals surface area (Å²) in [6, 6.07) is 4.94. The van der Waals surface area contributed by atoms with Crippen molar-refractivity contribution in [2.75, 3.05) is 38.2 Å². The van der Waals surface area contributed by atoms with Crippen LogP contribution >= 0.6 is 0 Å². The van der Waals surface area contributed by atoms with Crippen LogP contribution in [0.2, 0.25) is 0 Å². The van der Waals surface area contributed by atoms with Gasteiger partial charge in [-0.05, 0) is 17.9 Å². The normalized spacial score (nSPS) is 25.4. The molecule has 0 spiro atoms. The summed E-state index contributed by atoms with van der Waals surface area (Å²) in [5.41, 5.74) is 0.840. The lowest BCUT2D eigenvalue weighted by Gasteiger charge is -2.20. The number of benzene rings is 1. The number of nitrogens with one attached hydrogen (secondary N) is 1. The van der Waals surface area contributed by atoms with Gasteiger partial charge >= 0.3 is 0 Å². The molecule has 1 aromatic carbocycles. The van der Waals surface area contributed by atoms with E-state index in [0.29, 0.717) is 23.3 Å². The number of nitrogens with zero attached hydrogens (tertiary/aromatic N) is 2. The maximum Gasteiger partial charge on any atom is 0.292 e. The second-order valence-electron chi connectivity index (χ2n) is 5.20. The lowest BCUT2D eigenvalue weighted by atomic mass is 10.0. The monoisotopic (exact) mass is 263 g/mol. The van der Waals surface area contributed by atoms with Crippen molar-refractivity contribution < 1.29 is 9.66 Å². The first-order valence-electron chi connectivity index (χ1n) is 6.47. The van der Waals surface area contributed by atoms with Gasteiger partial charge in [-0.1, -0.05) is 0 Å². The molecule has 2 aliphatic rings. The van der Waals surface area contributed by atoms with Crippen LogP contribution in [0.1, 0.15) is 0 Å². The van der Waals surface area contributed by atoms with Crippen molar-refractivity contribution in [2.45, 2.75) is 0 Å². The minimum atomic E-state index is -0.318. The molecule has 102 valence electrons. The molecule has 1 N–H and O–H groups in total. The van der Waals surface area contributed by atoms with E-state index in [2.05, 4.69) is 10.2 Å². The highest BCUT2D eigenvalue weighted by Gasteiger charge is 2.38. The highest BCUT2D eigenvalue weighted by molar-refractivity contribution is 5.66. The van der Waals surface area contributed by atoms with Gasteiger partial charge in [0, 0.05) is 38.3 Å². The van der Waals surface area contributed by atoms with Crippen LogP contribution in [-0.2, 0) is 0 Å². The zero-order valence-corrected chi connectivity index (χ0v) is 10.8. The third-order valence-electron chi connectivity index (χ3n) is 4.11. The van der Waals surface area contributed by atoms with E-state index in [4.69, 9.17) is 4.74 Å². The number of nitro groups is 1. The molecule has 6 nitrogen and oxygen atoms in total. The summed E-state index contributed by atoms with van der Waals surface area (Å²) in [4.78, 5) is 13.0. The summed E-state index contributed by atoms with van der Waals surface area (Å²) in [6.45, 7) is 3.79. The number of nitro benzene ring substituents is 1. The minimum Gasteiger partial charge on any atom is -0.497 e. The molecule has 2 fully saturated rings. The van der Waals surface area contributed by atoms with Crippen LogP contribution < -0.4 is 15.0 Å². The predicted octanol–water partition coefficient (Wildman–Crippen LogP) is 1.26. The molecule has 0 aliphatic carbocycles. The number of fused-ring (bicyclic) bond motifs is 1. The van der Waals surface area contributed by atoms with Crippen molar-refractivity contribution in [1.82, 2.24) is 5.32 Å². The molecule has 1 aromatic rings. The van der Waals surface area contributed by atoms with Gasteiger partial charge in [0.1, 0.15) is 11.4 Å². The molecule has 2 atom stereocenters. The van der Waals surface area contributed by atoms with Crippen molar-refractivity contribution >= 4 is 11.4 Å². The molecule has 3 rings (SSSR count). The number of methoxy groups -OCH3 is 1. The second-order valence-corrected chi connectivity index (χ2v) is 5.20. The lowest BCUT2D eigenvalue weighted by molar-refractivity contribution is -0.384. The zero-order valence-electron chi connectivity index (χ0n) is 10.8. The number of hydrogen-bond donors (Lipinski definition) is 1. The van der Waals surface area contributed by atoms with E-state index in [-0.39, 0.29) is 10.6 Å². The molecule has 0 bridgehead atoms. The van der Waals surface area contributed by atoms with Crippen LogP contribution in [0.5, 0.6) is 5.75 Å². The van der Waals surface area contributed by atoms with Crippen molar-refractivity contribution in [3.8, 4) is 5.75 Å². The Hall–Kier alpha value is -1.82. The Morgan fingerprint density at radius 3 is 2.63 bits per heavy atom. The second kappa shape index (κ2) is 4.70. The first kappa shape index (κ1) is 12.2. The average molecular weight is 263 g/mol. The van der Waals surface area contributed by atoms with Crippen LogP contribution in [0.3, 0.4) is 0 Å². The molecule has 2 aliphatic heterocycles. The largest absolute Gasteiger partial charge is 0.497 e. The lowest BCUT2D eigenvalue weighted by Crippen LogP contribution is -2.26. The number of ether oxygens (including phenoxy) is 1. The van der Waals surface area contributed by atoms with E-state index in [1.165, 1.54) is 6.07 Å². The minimum absolute atomic E-state index is 0.161. The SMILES string of the molecule is COc1ccc([N+](=O)[O-])c(N2C[C@H]3CNC[C@H]3C2)c1. The molecular weight excluding hydrogens is 246 g/mol. The van der Waals surface area contributed by atoms with Gasteiger partial charge in [0.25, 0.3) is 5.69 Å². The Labute approximate surface area is 111 Å². The van der Waals surface area contributed by atoms with E-state index in [1.807, 2.05) is 0 Å². The Kier molecular flexibility index (Phi) is 3.02. The van der Waals surface area contributed by atoms with E-state index in [0.717, 1.165) is 26.2 Å². The Balaban J connectivity index is 1.92. The Morgan fingerprint density at radius 2 is 2.05 bits per heavy atom. The van der Waals surface area contributed by atoms with E-state index < -0.39 is 0 Å². The quantitative estimate of drug-likeness (QED) is 0.657. The van der Waals surface area contributed by atoms with Crippen LogP contribution in [0, 0.1) is 22.0 Å². The van der Waals surface area contributed by atoms with Gasteiger partial charge < -0.3 is 15.0 Å². The topological polar surface area (TPSA) is 67.6 Å². The van der Waals surface area contributed by atoms with Gasteiger partial charge in [-0.15, -0.1) is 0 Å². The Morgan fingerprint density at radius 1 is 1.37 bits per heavy atom. The third-order valence-corrected chi connectivity index (χ3v) is 4.11. The smallest absolute Gasteiger partial charge is 0.292 e. The van der Waals surface area contributed by atoms with Gasteiger partial charge in [-0.2, -0.15) is 0 Å². The zero-order chi connectivity index (χ0) is 13.4. The van der Waals surface area contributed by atoms with Crippen LogP contribution in [-0.4, -0.2) is 38.2 Å². The van der Waals surface area contributed by atoms with Crippen LogP contribution in [0.15, 0.2) is 18.2 Å². The number of anilines is 1. The fourth-order valence-corrected chi connectivity index (χ4v) is 3.09. The first-order valence-corrected chi connectivity index (χ1v) is 6.47. The first-order chi connectivity index (χ1) is 9.19. The molecule has 2 saturated heterocycles. The molecule has 0 saturated carbocycles. The predicted molar refractivity (Wildman–Crippen MR) is 71.7 cm³/mol. The molecule has 2 heterocycles. The molecule has 0 unspecified atom stereocenters. The van der Waals surface area contributed by atoms with Gasteiger partial charge in [-0.25, -0.2) is 0 Å². The highest BCUT2D eigenvalue weighted by atomic mass is 16.6. The van der Waals surface area contributed by atoms with Gasteiger partial charge in [0.2, 0.25) is 0 Å². The highest BCUT2D eigenvalue weighted by Crippen LogP contribution is 2.37. The molecule has 0 aromatic heterocycles. The standard InChI is InChI=1S/C13H17N3O3/c1-19-11-2-3-12(16(17)18)13(4-11)15-7-9-5-14-6-10(9)8-15/h2-4,9-10,14H,5-8H2,1H3/t9-,10+. The van der Waals surface area contributed by atoms with Crippen LogP contribution in [0.25, 0.3) is 0 Å². The summed E-state index contributed by atoms with van der Waals surface area (Å²) < 4.78 is 5.18. The number of rotatable bonds is 3. The van der Waals surface area contributed by atoms with Gasteiger partial charge in [-0.3, -0.25) is 10.1 Å². The number of hydrogen-bond acceptors (Lipinski definition) is 5. The van der Waals surface area contributed by atoms with Gasteiger partial charge in [0.05, 0.1) is 12.0 Å². The van der Waals surface area contributed by atoms with Crippen molar-refractivity contribution in [3.05, 3.63) is 28.3 Å². The maximum absolute atomic E-state index is 11.2. The average Bonchev–Trinajstić information content (AvgIpc) is 2.98. The van der Waals surface area contributed by atoms with E-state index in [1.54, 1.807) is 19.2 Å². The molecule has 0 radical (unpaired) electrons. The van der Waals surface area contributed by atoms with E-state index >= 15 is 0 Å². The van der Waals surface area contributed by atoms with Crippen molar-refractivity contribution in [3.63, 3.8) is 0 Å². The Bertz CT molecular complexity index is 494. The summed E-state index contributed by atoms with van der Waals surface area (Å²) in [6.07, 6.45) is 0. The summed E-state index contributed by atoms with van der Waals surface area (Å²) in [7, 11) is 1.58. The third kappa shape index (κ3) is 2.12. The van der Waals surface area contributed by atoms with Crippen LogP contribution in [0.4, 0.5) is 11.4 Å². The molecule has 6 heteroatoms. The maximum atomic E-state index is 11.2. The fourth-order valence-electron chi connectivity index (χ4n) is 3.09. The van der Waals surface area contributed by atoms with E-state index in [9.17, 15) is 10.1 Å². The summed E-state index contributed by atoms with van der Waals surface area (Å²) >= 11 is 0. The van der Waals surface area contributed by atoms with Gasteiger partial charge in [0.15, 0.2) is 0 Å². The molecule has 0 amide bonds.